The molecule has 0 aromatic heterocycles. The number of Topliss-reactive ketones (excluding diaryl/α,β-unsaturated/α-hetero) is 1. The maximum atomic E-state index is 12.2. The molecule has 0 saturated heterocycles. The van der Waals surface area contributed by atoms with Crippen molar-refractivity contribution < 1.29 is 19.1 Å². The topological polar surface area (TPSA) is 105 Å². The van der Waals surface area contributed by atoms with Gasteiger partial charge in [-0.3, -0.25) is 4.79 Å². The van der Waals surface area contributed by atoms with Gasteiger partial charge in [0.15, 0.2) is 0 Å². The van der Waals surface area contributed by atoms with E-state index in [9.17, 15) is 9.59 Å². The number of nitrogens with two attached hydrogens (primary N) is 2. The smallest absolute Gasteiger partial charge is 0.339 e. The van der Waals surface area contributed by atoms with Gasteiger partial charge in [-0.2, -0.15) is 0 Å². The van der Waals surface area contributed by atoms with Gasteiger partial charge >= 0.3 is 5.97 Å². The van der Waals surface area contributed by atoms with Crippen LogP contribution in [0.15, 0.2) is 23.9 Å². The summed E-state index contributed by atoms with van der Waals surface area (Å²) in [6.45, 7) is 3.77. The van der Waals surface area contributed by atoms with E-state index in [1.54, 1.807) is 13.8 Å². The monoisotopic (exact) mass is 278 g/mol. The van der Waals surface area contributed by atoms with Crippen LogP contribution in [0, 0.1) is 0 Å². The summed E-state index contributed by atoms with van der Waals surface area (Å²) in [7, 11) is 1.24. The van der Waals surface area contributed by atoms with Crippen molar-refractivity contribution in [1.29, 1.82) is 0 Å². The first kappa shape index (κ1) is 15.6. The summed E-state index contributed by atoms with van der Waals surface area (Å²) in [6, 6.07) is 2.76. The summed E-state index contributed by atoms with van der Waals surface area (Å²) < 4.78 is 9.99. The molecule has 1 aromatic carbocycles. The van der Waals surface area contributed by atoms with Gasteiger partial charge in [0.2, 0.25) is 5.78 Å². The third kappa shape index (κ3) is 3.09. The summed E-state index contributed by atoms with van der Waals surface area (Å²) in [5.41, 5.74) is 11.9. The van der Waals surface area contributed by atoms with Crippen molar-refractivity contribution in [2.75, 3.05) is 19.5 Å². The van der Waals surface area contributed by atoms with E-state index < -0.39 is 11.8 Å². The number of nitrogen functional groups attached to an aromatic ring is 1. The zero-order valence-electron chi connectivity index (χ0n) is 11.7. The number of carbonyl (C=O) groups excluding carboxylic acids is 2. The number of esters is 1. The molecule has 0 aliphatic carbocycles. The van der Waals surface area contributed by atoms with Gasteiger partial charge in [-0.1, -0.05) is 6.08 Å². The highest BCUT2D eigenvalue weighted by molar-refractivity contribution is 6.11. The molecule has 0 heterocycles. The zero-order valence-corrected chi connectivity index (χ0v) is 11.7. The SMILES string of the molecule is C/C=C(\N)C(=O)c1cc(C(=O)OC)c(N)cc1OCC. The maximum absolute atomic E-state index is 12.2. The number of hydrogen-bond acceptors (Lipinski definition) is 6. The molecule has 0 aliphatic heterocycles. The third-order valence-electron chi connectivity index (χ3n) is 2.67. The van der Waals surface area contributed by atoms with Gasteiger partial charge in [0, 0.05) is 11.8 Å². The van der Waals surface area contributed by atoms with E-state index in [4.69, 9.17) is 16.2 Å². The second-order valence-electron chi connectivity index (χ2n) is 3.93. The summed E-state index contributed by atoms with van der Waals surface area (Å²) in [5.74, 6) is -0.771. The van der Waals surface area contributed by atoms with Crippen LogP contribution in [-0.4, -0.2) is 25.5 Å². The fourth-order valence-electron chi connectivity index (χ4n) is 1.62. The molecule has 0 fully saturated rings. The van der Waals surface area contributed by atoms with Crippen molar-refractivity contribution in [1.82, 2.24) is 0 Å². The molecule has 0 atom stereocenters. The molecule has 0 spiro atoms. The molecule has 0 bridgehead atoms. The van der Waals surface area contributed by atoms with E-state index in [0.717, 1.165) is 0 Å². The number of carbonyl (C=O) groups is 2. The Labute approximate surface area is 117 Å². The minimum absolute atomic E-state index is 0.0616. The Morgan fingerprint density at radius 1 is 1.30 bits per heavy atom. The average molecular weight is 278 g/mol. The summed E-state index contributed by atoms with van der Waals surface area (Å²) >= 11 is 0. The Bertz CT molecular complexity index is 565. The number of anilines is 1. The molecular formula is C14H18N2O4. The Morgan fingerprint density at radius 3 is 2.45 bits per heavy atom. The molecule has 4 N–H and O–H groups in total. The second-order valence-corrected chi connectivity index (χ2v) is 3.93. The number of ketones is 1. The van der Waals surface area contributed by atoms with Gasteiger partial charge in [-0.25, -0.2) is 4.79 Å². The maximum Gasteiger partial charge on any atom is 0.339 e. The average Bonchev–Trinajstić information content (AvgIpc) is 2.45. The van der Waals surface area contributed by atoms with Crippen LogP contribution in [0.5, 0.6) is 5.75 Å². The van der Waals surface area contributed by atoms with E-state index in [1.165, 1.54) is 25.3 Å². The number of ether oxygens (including phenoxy) is 2. The molecule has 6 heteroatoms. The molecule has 0 aliphatic rings. The van der Waals surface area contributed by atoms with Crippen LogP contribution in [0.2, 0.25) is 0 Å². The normalized spacial score (nSPS) is 11.1. The van der Waals surface area contributed by atoms with E-state index in [0.29, 0.717) is 6.61 Å². The van der Waals surface area contributed by atoms with Crippen LogP contribution in [0.3, 0.4) is 0 Å². The number of rotatable bonds is 5. The van der Waals surface area contributed by atoms with Crippen LogP contribution in [0.4, 0.5) is 5.69 Å². The zero-order chi connectivity index (χ0) is 15.3. The first-order chi connectivity index (χ1) is 9.46. The standard InChI is InChI=1S/C14H18N2O4/c1-4-10(15)13(17)9-6-8(14(18)19-3)11(16)7-12(9)20-5-2/h4,6-7H,5,15-16H2,1-3H3/b10-4-. The molecule has 1 aromatic rings. The van der Waals surface area contributed by atoms with E-state index in [-0.39, 0.29) is 28.3 Å². The minimum atomic E-state index is -0.626. The number of hydrogen-bond donors (Lipinski definition) is 2. The molecule has 0 saturated carbocycles. The highest BCUT2D eigenvalue weighted by Crippen LogP contribution is 2.27. The van der Waals surface area contributed by atoms with Crippen molar-refractivity contribution in [3.05, 3.63) is 35.0 Å². The molecule has 0 amide bonds. The molecular weight excluding hydrogens is 260 g/mol. The van der Waals surface area contributed by atoms with Crippen LogP contribution in [0.1, 0.15) is 34.6 Å². The van der Waals surface area contributed by atoms with Gasteiger partial charge in [0.05, 0.1) is 30.5 Å². The second kappa shape index (κ2) is 6.60. The lowest BCUT2D eigenvalue weighted by Crippen LogP contribution is -2.15. The largest absolute Gasteiger partial charge is 0.493 e. The predicted molar refractivity (Wildman–Crippen MR) is 75.6 cm³/mol. The summed E-state index contributed by atoms with van der Waals surface area (Å²) in [5, 5.41) is 0. The Morgan fingerprint density at radius 2 is 1.95 bits per heavy atom. The van der Waals surface area contributed by atoms with Crippen LogP contribution in [0.25, 0.3) is 0 Å². The third-order valence-corrected chi connectivity index (χ3v) is 2.67. The fraction of sp³-hybridized carbons (Fsp3) is 0.286. The van der Waals surface area contributed by atoms with Crippen LogP contribution in [-0.2, 0) is 4.74 Å². The van der Waals surface area contributed by atoms with Gasteiger partial charge in [-0.15, -0.1) is 0 Å². The summed E-state index contributed by atoms with van der Waals surface area (Å²) in [6.07, 6.45) is 1.48. The number of allylic oxidation sites excluding steroid dienone is 2. The first-order valence-electron chi connectivity index (χ1n) is 6.07. The van der Waals surface area contributed by atoms with Gasteiger partial charge < -0.3 is 20.9 Å². The minimum Gasteiger partial charge on any atom is -0.493 e. The first-order valence-corrected chi connectivity index (χ1v) is 6.07. The lowest BCUT2D eigenvalue weighted by Gasteiger charge is -2.13. The Kier molecular flexibility index (Phi) is 5.14. The summed E-state index contributed by atoms with van der Waals surface area (Å²) in [4.78, 5) is 23.8. The molecule has 108 valence electrons. The van der Waals surface area contributed by atoms with Gasteiger partial charge in [-0.05, 0) is 19.9 Å². The van der Waals surface area contributed by atoms with Crippen molar-refractivity contribution in [2.24, 2.45) is 5.73 Å². The highest BCUT2D eigenvalue weighted by atomic mass is 16.5. The van der Waals surface area contributed by atoms with Crippen molar-refractivity contribution in [3.8, 4) is 5.75 Å². The quantitative estimate of drug-likeness (QED) is 0.366. The van der Waals surface area contributed by atoms with Crippen molar-refractivity contribution in [2.45, 2.75) is 13.8 Å². The molecule has 6 nitrogen and oxygen atoms in total. The predicted octanol–water partition coefficient (Wildman–Crippen LogP) is 1.50. The van der Waals surface area contributed by atoms with Crippen LogP contribution < -0.4 is 16.2 Å². The van der Waals surface area contributed by atoms with E-state index >= 15 is 0 Å². The number of methoxy groups -OCH3 is 1. The van der Waals surface area contributed by atoms with Crippen molar-refractivity contribution in [3.63, 3.8) is 0 Å². The molecule has 0 radical (unpaired) electrons. The Balaban J connectivity index is 3.45. The lowest BCUT2D eigenvalue weighted by atomic mass is 10.0. The number of benzene rings is 1. The molecule has 1 rings (SSSR count). The van der Waals surface area contributed by atoms with E-state index in [1.807, 2.05) is 0 Å². The Hall–Kier alpha value is -2.50. The molecule has 0 unspecified atom stereocenters. The van der Waals surface area contributed by atoms with Gasteiger partial charge in [0.25, 0.3) is 0 Å². The fourth-order valence-corrected chi connectivity index (χ4v) is 1.62. The highest BCUT2D eigenvalue weighted by Gasteiger charge is 2.20. The van der Waals surface area contributed by atoms with Crippen LogP contribution >= 0.6 is 0 Å². The van der Waals surface area contributed by atoms with Crippen molar-refractivity contribution >= 4 is 17.4 Å². The van der Waals surface area contributed by atoms with E-state index in [2.05, 4.69) is 4.74 Å². The molecule has 20 heavy (non-hydrogen) atoms. The lowest BCUT2D eigenvalue weighted by molar-refractivity contribution is 0.0602. The van der Waals surface area contributed by atoms with Gasteiger partial charge in [0.1, 0.15) is 5.75 Å².